The molecular formula is C18H20O2S. The van der Waals surface area contributed by atoms with Crippen molar-refractivity contribution in [3.8, 4) is 0 Å². The van der Waals surface area contributed by atoms with Crippen LogP contribution in [-0.4, -0.2) is 15.2 Å². The molecule has 2 aromatic carbocycles. The minimum absolute atomic E-state index is 0.0487. The number of aryl methyl sites for hydroxylation is 2. The summed E-state index contributed by atoms with van der Waals surface area (Å²) < 4.78 is 12.4. The quantitative estimate of drug-likeness (QED) is 0.787. The molecule has 0 aliphatic heterocycles. The number of ketones is 1. The van der Waals surface area contributed by atoms with E-state index in [0.29, 0.717) is 11.3 Å². The van der Waals surface area contributed by atoms with Crippen molar-refractivity contribution in [2.75, 3.05) is 0 Å². The molecule has 2 aromatic rings. The first-order valence-corrected chi connectivity index (χ1v) is 8.40. The average molecular weight is 300 g/mol. The monoisotopic (exact) mass is 300 g/mol. The average Bonchev–Trinajstić information content (AvgIpc) is 2.49. The third-order valence-electron chi connectivity index (χ3n) is 3.71. The first-order valence-electron chi connectivity index (χ1n) is 7.01. The molecule has 0 N–H and O–H groups in total. The smallest absolute Gasteiger partial charge is 0.178 e. The molecule has 2 nitrogen and oxygen atoms in total. The predicted octanol–water partition coefficient (Wildman–Crippen LogP) is 3.82. The number of carbonyl (C=O) groups is 1. The topological polar surface area (TPSA) is 34.1 Å². The Bertz CT molecular complexity index is 662. The van der Waals surface area contributed by atoms with Crippen LogP contribution in [0.1, 0.15) is 34.0 Å². The summed E-state index contributed by atoms with van der Waals surface area (Å²) in [4.78, 5) is 12.4. The van der Waals surface area contributed by atoms with Crippen molar-refractivity contribution >= 4 is 16.6 Å². The number of Topliss-reactive ketones (excluding diaryl/α,β-unsaturated/α-hetero) is 1. The lowest BCUT2D eigenvalue weighted by Gasteiger charge is -2.12. The van der Waals surface area contributed by atoms with E-state index in [-0.39, 0.29) is 5.78 Å². The zero-order chi connectivity index (χ0) is 15.4. The first kappa shape index (κ1) is 15.6. The van der Waals surface area contributed by atoms with Crippen molar-refractivity contribution in [3.05, 3.63) is 70.8 Å². The molecule has 0 bridgehead atoms. The standard InChI is InChI=1S/C18H20O2S/c1-13-9-10-17(11-14(13)2)18(19)15(3)21(20)12-16-7-5-4-6-8-16/h4-11,15H,12H2,1-3H3. The number of rotatable bonds is 5. The molecule has 2 rings (SSSR count). The zero-order valence-electron chi connectivity index (χ0n) is 12.6. The Hall–Kier alpha value is -1.74. The van der Waals surface area contributed by atoms with Gasteiger partial charge in [-0.15, -0.1) is 0 Å². The van der Waals surface area contributed by atoms with E-state index in [9.17, 15) is 9.00 Å². The zero-order valence-corrected chi connectivity index (χ0v) is 13.4. The van der Waals surface area contributed by atoms with Gasteiger partial charge >= 0.3 is 0 Å². The largest absolute Gasteiger partial charge is 0.293 e. The lowest BCUT2D eigenvalue weighted by molar-refractivity contribution is 0.0992. The second-order valence-corrected chi connectivity index (χ2v) is 7.07. The van der Waals surface area contributed by atoms with E-state index in [0.717, 1.165) is 16.7 Å². The molecule has 0 aliphatic carbocycles. The van der Waals surface area contributed by atoms with Crippen LogP contribution in [0.25, 0.3) is 0 Å². The molecule has 0 saturated carbocycles. The van der Waals surface area contributed by atoms with Crippen molar-refractivity contribution in [3.63, 3.8) is 0 Å². The third-order valence-corrected chi connectivity index (χ3v) is 5.33. The summed E-state index contributed by atoms with van der Waals surface area (Å²) >= 11 is 0. The Morgan fingerprint density at radius 1 is 1.05 bits per heavy atom. The minimum atomic E-state index is -1.21. The van der Waals surface area contributed by atoms with Crippen LogP contribution in [0.2, 0.25) is 0 Å². The summed E-state index contributed by atoms with van der Waals surface area (Å²) in [6.45, 7) is 5.74. The van der Waals surface area contributed by atoms with Crippen molar-refractivity contribution < 1.29 is 9.00 Å². The van der Waals surface area contributed by atoms with Gasteiger partial charge in [-0.05, 0) is 43.5 Å². The number of carbonyl (C=O) groups excluding carboxylic acids is 1. The Kier molecular flexibility index (Phi) is 5.07. The lowest BCUT2D eigenvalue weighted by Crippen LogP contribution is -2.24. The van der Waals surface area contributed by atoms with Gasteiger partial charge in [-0.2, -0.15) is 0 Å². The van der Waals surface area contributed by atoms with Crippen LogP contribution in [0.5, 0.6) is 0 Å². The van der Waals surface area contributed by atoms with Gasteiger partial charge in [0.05, 0.1) is 5.25 Å². The van der Waals surface area contributed by atoms with Crippen LogP contribution >= 0.6 is 0 Å². The fraction of sp³-hybridized carbons (Fsp3) is 0.278. The van der Waals surface area contributed by atoms with Gasteiger partial charge in [-0.1, -0.05) is 42.5 Å². The summed E-state index contributed by atoms with van der Waals surface area (Å²) in [5, 5.41) is -0.493. The van der Waals surface area contributed by atoms with Crippen LogP contribution in [0.3, 0.4) is 0 Å². The highest BCUT2D eigenvalue weighted by Crippen LogP contribution is 2.15. The third kappa shape index (κ3) is 3.88. The summed E-state index contributed by atoms with van der Waals surface area (Å²) in [5.74, 6) is 0.367. The molecular weight excluding hydrogens is 280 g/mol. The molecule has 0 aromatic heterocycles. The van der Waals surface area contributed by atoms with E-state index in [4.69, 9.17) is 0 Å². The first-order chi connectivity index (χ1) is 9.99. The Labute approximate surface area is 128 Å². The second kappa shape index (κ2) is 6.81. The van der Waals surface area contributed by atoms with E-state index in [2.05, 4.69) is 0 Å². The maximum Gasteiger partial charge on any atom is 0.178 e. The van der Waals surface area contributed by atoms with Crippen LogP contribution in [0, 0.1) is 13.8 Å². The van der Waals surface area contributed by atoms with Gasteiger partial charge in [-0.25, -0.2) is 0 Å². The minimum Gasteiger partial charge on any atom is -0.293 e. The maximum absolute atomic E-state index is 12.4. The second-order valence-electron chi connectivity index (χ2n) is 5.32. The summed E-state index contributed by atoms with van der Waals surface area (Å²) in [5.41, 5.74) is 3.88. The number of hydrogen-bond acceptors (Lipinski definition) is 2. The Balaban J connectivity index is 2.11. The van der Waals surface area contributed by atoms with Gasteiger partial charge in [0.15, 0.2) is 5.78 Å². The van der Waals surface area contributed by atoms with Gasteiger partial charge in [-0.3, -0.25) is 9.00 Å². The molecule has 21 heavy (non-hydrogen) atoms. The van der Waals surface area contributed by atoms with Crippen LogP contribution in [-0.2, 0) is 16.6 Å². The molecule has 2 unspecified atom stereocenters. The SMILES string of the molecule is Cc1ccc(C(=O)C(C)S(=O)Cc2ccccc2)cc1C. The highest BCUT2D eigenvalue weighted by Gasteiger charge is 2.21. The van der Waals surface area contributed by atoms with E-state index in [1.54, 1.807) is 6.92 Å². The highest BCUT2D eigenvalue weighted by atomic mass is 32.2. The van der Waals surface area contributed by atoms with E-state index >= 15 is 0 Å². The lowest BCUT2D eigenvalue weighted by atomic mass is 10.0. The Morgan fingerprint density at radius 2 is 1.71 bits per heavy atom. The number of hydrogen-bond donors (Lipinski definition) is 0. The molecule has 0 fully saturated rings. The van der Waals surface area contributed by atoms with Crippen molar-refractivity contribution in [2.45, 2.75) is 31.8 Å². The Morgan fingerprint density at radius 3 is 2.33 bits per heavy atom. The van der Waals surface area contributed by atoms with Gasteiger partial charge in [0.25, 0.3) is 0 Å². The van der Waals surface area contributed by atoms with E-state index in [1.165, 1.54) is 0 Å². The molecule has 110 valence electrons. The molecule has 0 aliphatic rings. The highest BCUT2D eigenvalue weighted by molar-refractivity contribution is 7.85. The molecule has 0 spiro atoms. The molecule has 0 heterocycles. The van der Waals surface area contributed by atoms with Crippen LogP contribution < -0.4 is 0 Å². The molecule has 0 saturated heterocycles. The van der Waals surface area contributed by atoms with Crippen molar-refractivity contribution in [1.82, 2.24) is 0 Å². The predicted molar refractivity (Wildman–Crippen MR) is 88.0 cm³/mol. The number of benzene rings is 2. The summed E-state index contributed by atoms with van der Waals surface area (Å²) in [6.07, 6.45) is 0. The van der Waals surface area contributed by atoms with Gasteiger partial charge in [0, 0.05) is 22.1 Å². The van der Waals surface area contributed by atoms with Crippen molar-refractivity contribution in [1.29, 1.82) is 0 Å². The van der Waals surface area contributed by atoms with Crippen LogP contribution in [0.15, 0.2) is 48.5 Å². The molecule has 0 radical (unpaired) electrons. The van der Waals surface area contributed by atoms with E-state index < -0.39 is 16.0 Å². The van der Waals surface area contributed by atoms with Gasteiger partial charge in [0.1, 0.15) is 0 Å². The summed E-state index contributed by atoms with van der Waals surface area (Å²) in [6, 6.07) is 15.3. The van der Waals surface area contributed by atoms with Gasteiger partial charge < -0.3 is 0 Å². The fourth-order valence-corrected chi connectivity index (χ4v) is 3.26. The molecule has 3 heteroatoms. The summed E-state index contributed by atoms with van der Waals surface area (Å²) in [7, 11) is -1.21. The van der Waals surface area contributed by atoms with Crippen molar-refractivity contribution in [2.24, 2.45) is 0 Å². The van der Waals surface area contributed by atoms with Gasteiger partial charge in [0.2, 0.25) is 0 Å². The fourth-order valence-electron chi connectivity index (χ4n) is 2.11. The normalized spacial score (nSPS) is 13.7. The van der Waals surface area contributed by atoms with Crippen LogP contribution in [0.4, 0.5) is 0 Å². The molecule has 2 atom stereocenters. The van der Waals surface area contributed by atoms with E-state index in [1.807, 2.05) is 62.4 Å². The maximum atomic E-state index is 12.4. The molecule has 0 amide bonds.